The van der Waals surface area contributed by atoms with Crippen LogP contribution in [0.1, 0.15) is 36.3 Å². The Hall–Kier alpha value is -4.57. The van der Waals surface area contributed by atoms with Crippen molar-refractivity contribution >= 4 is 29.1 Å². The highest BCUT2D eigenvalue weighted by atomic mass is 32.1. The molecule has 3 heterocycles. The maximum atomic E-state index is 13.7. The predicted octanol–water partition coefficient (Wildman–Crippen LogP) is 4.27. The SMILES string of the molecule is CCC1=C(C(=O)OC)[C@H](c2ccccc2)n2c(s/c(=C\c3ccc(-c4cc([N+](=O)[O-])ccc4C)o3)c2=O)=N1. The van der Waals surface area contributed by atoms with E-state index in [0.29, 0.717) is 44.1 Å². The second-order valence-corrected chi connectivity index (χ2v) is 9.67. The van der Waals surface area contributed by atoms with Gasteiger partial charge < -0.3 is 9.15 Å². The first-order valence-corrected chi connectivity index (χ1v) is 12.7. The van der Waals surface area contributed by atoms with Crippen LogP contribution in [0.2, 0.25) is 0 Å². The number of nitrogens with zero attached hydrogens (tertiary/aromatic N) is 3. The fourth-order valence-electron chi connectivity index (χ4n) is 4.51. The molecule has 2 aromatic heterocycles. The molecule has 0 amide bonds. The van der Waals surface area contributed by atoms with Gasteiger partial charge in [0, 0.05) is 23.8 Å². The van der Waals surface area contributed by atoms with E-state index in [9.17, 15) is 19.7 Å². The summed E-state index contributed by atoms with van der Waals surface area (Å²) in [6.07, 6.45) is 2.11. The fraction of sp³-hybridized carbons (Fsp3) is 0.179. The highest BCUT2D eigenvalue weighted by Gasteiger charge is 2.33. The number of hydrogen-bond donors (Lipinski definition) is 0. The average Bonchev–Trinajstić information content (AvgIpc) is 3.52. The van der Waals surface area contributed by atoms with E-state index >= 15 is 0 Å². The zero-order valence-corrected chi connectivity index (χ0v) is 21.7. The van der Waals surface area contributed by atoms with Crippen molar-refractivity contribution in [1.82, 2.24) is 4.57 Å². The van der Waals surface area contributed by atoms with Crippen molar-refractivity contribution in [3.8, 4) is 11.3 Å². The van der Waals surface area contributed by atoms with E-state index in [-0.39, 0.29) is 11.2 Å². The van der Waals surface area contributed by atoms with Gasteiger partial charge in [-0.1, -0.05) is 54.7 Å². The standard InChI is InChI=1S/C28H23N3O6S/c1-4-21-24(27(33)36-3)25(17-8-6-5-7-9-17)30-26(32)23(38-28(30)29-21)15-19-12-13-22(37-19)20-14-18(31(34)35)11-10-16(20)2/h5-15,25H,4H2,1-3H3/b23-15-/t25-/m0/s1. The number of allylic oxidation sites excluding steroid dienone is 1. The molecule has 192 valence electrons. The minimum absolute atomic E-state index is 0.0362. The lowest BCUT2D eigenvalue weighted by atomic mass is 9.95. The van der Waals surface area contributed by atoms with Crippen LogP contribution in [0.15, 0.2) is 86.1 Å². The molecule has 0 saturated heterocycles. The van der Waals surface area contributed by atoms with Gasteiger partial charge in [-0.3, -0.25) is 19.5 Å². The third kappa shape index (κ3) is 4.39. The molecular weight excluding hydrogens is 506 g/mol. The van der Waals surface area contributed by atoms with Crippen molar-refractivity contribution in [2.24, 2.45) is 4.99 Å². The predicted molar refractivity (Wildman–Crippen MR) is 142 cm³/mol. The summed E-state index contributed by atoms with van der Waals surface area (Å²) in [7, 11) is 1.31. The van der Waals surface area contributed by atoms with Crippen LogP contribution in [-0.2, 0) is 9.53 Å². The summed E-state index contributed by atoms with van der Waals surface area (Å²) in [6, 6.07) is 16.6. The van der Waals surface area contributed by atoms with Crippen molar-refractivity contribution in [1.29, 1.82) is 0 Å². The minimum Gasteiger partial charge on any atom is -0.466 e. The molecule has 0 bridgehead atoms. The molecule has 2 aromatic carbocycles. The van der Waals surface area contributed by atoms with Gasteiger partial charge in [-0.15, -0.1) is 0 Å². The number of nitro benzene ring substituents is 1. The number of benzene rings is 2. The number of nitro groups is 1. The largest absolute Gasteiger partial charge is 0.466 e. The van der Waals surface area contributed by atoms with E-state index in [2.05, 4.69) is 4.99 Å². The molecule has 0 unspecified atom stereocenters. The van der Waals surface area contributed by atoms with Crippen LogP contribution >= 0.6 is 11.3 Å². The Morgan fingerprint density at radius 3 is 2.66 bits per heavy atom. The molecule has 5 rings (SSSR count). The van der Waals surface area contributed by atoms with Crippen LogP contribution < -0.4 is 14.9 Å². The fourth-order valence-corrected chi connectivity index (χ4v) is 5.51. The van der Waals surface area contributed by atoms with Crippen molar-refractivity contribution in [2.45, 2.75) is 26.3 Å². The second-order valence-electron chi connectivity index (χ2n) is 8.66. The van der Waals surface area contributed by atoms with Crippen molar-refractivity contribution in [3.63, 3.8) is 0 Å². The molecule has 10 heteroatoms. The number of rotatable bonds is 6. The van der Waals surface area contributed by atoms with Crippen LogP contribution in [-0.4, -0.2) is 22.6 Å². The third-order valence-corrected chi connectivity index (χ3v) is 7.35. The second kappa shape index (κ2) is 10.1. The van der Waals surface area contributed by atoms with Crippen LogP contribution in [0, 0.1) is 17.0 Å². The highest BCUT2D eigenvalue weighted by Crippen LogP contribution is 2.32. The minimum atomic E-state index is -0.684. The van der Waals surface area contributed by atoms with E-state index in [1.807, 2.05) is 44.2 Å². The van der Waals surface area contributed by atoms with Gasteiger partial charge in [-0.2, -0.15) is 0 Å². The molecule has 38 heavy (non-hydrogen) atoms. The van der Waals surface area contributed by atoms with Gasteiger partial charge in [0.1, 0.15) is 11.5 Å². The first-order valence-electron chi connectivity index (χ1n) is 11.9. The number of aryl methyl sites for hydroxylation is 1. The van der Waals surface area contributed by atoms with Gasteiger partial charge in [0.15, 0.2) is 4.80 Å². The summed E-state index contributed by atoms with van der Waals surface area (Å²) in [5.41, 5.74) is 2.74. The van der Waals surface area contributed by atoms with Gasteiger partial charge >= 0.3 is 5.97 Å². The summed E-state index contributed by atoms with van der Waals surface area (Å²) < 4.78 is 12.9. The zero-order valence-electron chi connectivity index (χ0n) is 20.8. The molecule has 1 aliphatic rings. The van der Waals surface area contributed by atoms with E-state index < -0.39 is 16.9 Å². The molecule has 0 N–H and O–H groups in total. The van der Waals surface area contributed by atoms with Crippen LogP contribution in [0.5, 0.6) is 0 Å². The van der Waals surface area contributed by atoms with E-state index in [1.165, 1.54) is 35.1 Å². The van der Waals surface area contributed by atoms with Gasteiger partial charge in [0.2, 0.25) is 0 Å². The summed E-state index contributed by atoms with van der Waals surface area (Å²) in [4.78, 5) is 42.4. The van der Waals surface area contributed by atoms with E-state index in [0.717, 1.165) is 11.1 Å². The quantitative estimate of drug-likeness (QED) is 0.209. The third-order valence-electron chi connectivity index (χ3n) is 6.36. The van der Waals surface area contributed by atoms with Crippen LogP contribution in [0.25, 0.3) is 17.4 Å². The Bertz CT molecular complexity index is 1780. The van der Waals surface area contributed by atoms with Gasteiger partial charge in [-0.25, -0.2) is 9.79 Å². The summed E-state index contributed by atoms with van der Waals surface area (Å²) in [5.74, 6) is 0.334. The number of esters is 1. The Morgan fingerprint density at radius 2 is 1.97 bits per heavy atom. The lowest BCUT2D eigenvalue weighted by Gasteiger charge is -2.25. The number of furan rings is 1. The average molecular weight is 530 g/mol. The smallest absolute Gasteiger partial charge is 0.338 e. The lowest BCUT2D eigenvalue weighted by molar-refractivity contribution is -0.384. The van der Waals surface area contributed by atoms with Crippen molar-refractivity contribution < 1.29 is 18.9 Å². The molecular formula is C28H23N3O6S. The van der Waals surface area contributed by atoms with Crippen LogP contribution in [0.3, 0.4) is 0 Å². The zero-order chi connectivity index (χ0) is 27.0. The van der Waals surface area contributed by atoms with E-state index in [1.54, 1.807) is 24.3 Å². The van der Waals surface area contributed by atoms with E-state index in [4.69, 9.17) is 9.15 Å². The molecule has 1 aliphatic heterocycles. The number of hydrogen-bond acceptors (Lipinski definition) is 8. The van der Waals surface area contributed by atoms with Gasteiger partial charge in [-0.05, 0) is 36.6 Å². The molecule has 0 fully saturated rings. The van der Waals surface area contributed by atoms with Crippen molar-refractivity contribution in [2.75, 3.05) is 7.11 Å². The van der Waals surface area contributed by atoms with Gasteiger partial charge in [0.25, 0.3) is 11.2 Å². The molecule has 0 aliphatic carbocycles. The molecule has 0 radical (unpaired) electrons. The molecule has 9 nitrogen and oxygen atoms in total. The molecule has 4 aromatic rings. The number of ether oxygens (including phenoxy) is 1. The Labute approximate surface area is 220 Å². The van der Waals surface area contributed by atoms with Crippen LogP contribution in [0.4, 0.5) is 5.69 Å². The molecule has 0 saturated carbocycles. The lowest BCUT2D eigenvalue weighted by Crippen LogP contribution is -2.40. The summed E-state index contributed by atoms with van der Waals surface area (Å²) >= 11 is 1.20. The number of thiazole rings is 1. The monoisotopic (exact) mass is 529 g/mol. The normalized spacial score (nSPS) is 15.2. The number of methoxy groups -OCH3 is 1. The van der Waals surface area contributed by atoms with Crippen molar-refractivity contribution in [3.05, 3.63) is 119 Å². The number of fused-ring (bicyclic) bond motifs is 1. The maximum absolute atomic E-state index is 13.7. The topological polar surface area (TPSA) is 117 Å². The molecule has 1 atom stereocenters. The van der Waals surface area contributed by atoms with Gasteiger partial charge in [0.05, 0.1) is 33.9 Å². The maximum Gasteiger partial charge on any atom is 0.338 e. The number of non-ortho nitro benzene ring substituents is 1. The Kier molecular flexibility index (Phi) is 6.64. The first-order chi connectivity index (χ1) is 18.3. The first kappa shape index (κ1) is 25.1. The number of carbonyl (C=O) groups is 1. The number of carbonyl (C=O) groups excluding carboxylic acids is 1. The summed E-state index contributed by atoms with van der Waals surface area (Å²) in [5, 5.41) is 11.2. The Morgan fingerprint density at radius 1 is 1.21 bits per heavy atom. The summed E-state index contributed by atoms with van der Waals surface area (Å²) in [6.45, 7) is 3.74. The molecule has 0 spiro atoms. The number of aromatic nitrogens is 1. The highest BCUT2D eigenvalue weighted by molar-refractivity contribution is 7.07. The Balaban J connectivity index is 1.65.